The number of ether oxygens (including phenoxy) is 1. The Hall–Kier alpha value is -1.07. The molecule has 14 heavy (non-hydrogen) atoms. The fourth-order valence-corrected chi connectivity index (χ4v) is 1.03. The number of aromatic nitrogens is 2. The predicted molar refractivity (Wildman–Crippen MR) is 49.7 cm³/mol. The van der Waals surface area contributed by atoms with E-state index < -0.39 is 0 Å². The smallest absolute Gasteiger partial charge is 0.293 e. The molecular formula is C9H17N2O3+. The third kappa shape index (κ3) is 3.01. The minimum atomic E-state index is 0.0531. The molecule has 0 amide bonds. The average molecular weight is 201 g/mol. The van der Waals surface area contributed by atoms with Crippen molar-refractivity contribution in [2.24, 2.45) is 7.05 Å². The molecule has 0 fully saturated rings. The zero-order chi connectivity index (χ0) is 10.4. The van der Waals surface area contributed by atoms with E-state index in [1.165, 1.54) is 0 Å². The molecule has 0 bridgehead atoms. The Morgan fingerprint density at radius 1 is 1.43 bits per heavy atom. The number of aliphatic hydroxyl groups is 1. The van der Waals surface area contributed by atoms with E-state index in [1.54, 1.807) is 4.73 Å². The summed E-state index contributed by atoms with van der Waals surface area (Å²) >= 11 is 0. The third-order valence-electron chi connectivity index (χ3n) is 1.95. The van der Waals surface area contributed by atoms with Gasteiger partial charge in [0.25, 0.3) is 5.82 Å². The lowest BCUT2D eigenvalue weighted by Crippen LogP contribution is -2.31. The second kappa shape index (κ2) is 5.62. The van der Waals surface area contributed by atoms with E-state index in [2.05, 4.69) is 0 Å². The first-order valence-electron chi connectivity index (χ1n) is 4.61. The van der Waals surface area contributed by atoms with Gasteiger partial charge in [0.05, 0.1) is 26.9 Å². The average Bonchev–Trinajstić information content (AvgIpc) is 2.49. The van der Waals surface area contributed by atoms with Gasteiger partial charge in [0.2, 0.25) is 0 Å². The van der Waals surface area contributed by atoms with Gasteiger partial charge in [0, 0.05) is 6.92 Å². The molecule has 0 aliphatic rings. The normalized spacial score (nSPS) is 10.5. The van der Waals surface area contributed by atoms with Gasteiger partial charge in [-0.3, -0.25) is 0 Å². The van der Waals surface area contributed by atoms with Crippen LogP contribution in [0.4, 0.5) is 0 Å². The Morgan fingerprint density at radius 3 is 2.79 bits per heavy atom. The summed E-state index contributed by atoms with van der Waals surface area (Å²) in [5, 5.41) is 8.46. The maximum absolute atomic E-state index is 8.46. The molecule has 0 saturated heterocycles. The summed E-state index contributed by atoms with van der Waals surface area (Å²) in [4.78, 5) is 5.39. The van der Waals surface area contributed by atoms with Crippen LogP contribution in [0.25, 0.3) is 0 Å². The first kappa shape index (κ1) is 11.0. The molecule has 80 valence electrons. The number of nitrogens with zero attached hydrogens (tertiary/aromatic N) is 2. The number of aryl methyl sites for hydroxylation is 1. The van der Waals surface area contributed by atoms with Gasteiger partial charge in [-0.25, -0.2) is 4.57 Å². The Kier molecular flexibility index (Phi) is 4.42. The van der Waals surface area contributed by atoms with Gasteiger partial charge in [0.1, 0.15) is 6.20 Å². The van der Waals surface area contributed by atoms with E-state index in [0.29, 0.717) is 19.8 Å². The fourth-order valence-electron chi connectivity index (χ4n) is 1.03. The molecule has 1 N–H and O–H groups in total. The number of hydrogen-bond donors (Lipinski definition) is 1. The van der Waals surface area contributed by atoms with Gasteiger partial charge < -0.3 is 14.7 Å². The van der Waals surface area contributed by atoms with E-state index in [4.69, 9.17) is 14.7 Å². The molecule has 5 nitrogen and oxygen atoms in total. The highest BCUT2D eigenvalue weighted by molar-refractivity contribution is 4.74. The molecule has 0 aromatic carbocycles. The first-order valence-corrected chi connectivity index (χ1v) is 4.61. The lowest BCUT2D eigenvalue weighted by atomic mass is 10.7. The summed E-state index contributed by atoms with van der Waals surface area (Å²) < 4.78 is 8.72. The maximum atomic E-state index is 8.46. The van der Waals surface area contributed by atoms with Crippen molar-refractivity contribution in [2.75, 3.05) is 26.4 Å². The second-order valence-corrected chi connectivity index (χ2v) is 2.95. The molecule has 1 rings (SSSR count). The maximum Gasteiger partial charge on any atom is 0.293 e. The molecule has 0 spiro atoms. The van der Waals surface area contributed by atoms with Crippen LogP contribution in [0.1, 0.15) is 5.82 Å². The molecule has 1 aromatic heterocycles. The molecule has 0 aliphatic carbocycles. The number of rotatable bonds is 6. The Bertz CT molecular complexity index is 273. The summed E-state index contributed by atoms with van der Waals surface area (Å²) in [7, 11) is 1.96. The molecule has 1 heterocycles. The lowest BCUT2D eigenvalue weighted by molar-refractivity contribution is -0.678. The van der Waals surface area contributed by atoms with Gasteiger partial charge in [0.15, 0.2) is 12.8 Å². The monoisotopic (exact) mass is 201 g/mol. The summed E-state index contributed by atoms with van der Waals surface area (Å²) in [6.45, 7) is 3.35. The zero-order valence-electron chi connectivity index (χ0n) is 8.64. The van der Waals surface area contributed by atoms with Gasteiger partial charge in [-0.05, 0) is 4.73 Å². The fraction of sp³-hybridized carbons (Fsp3) is 0.667. The van der Waals surface area contributed by atoms with Crippen molar-refractivity contribution in [3.63, 3.8) is 0 Å². The van der Waals surface area contributed by atoms with Crippen molar-refractivity contribution in [2.45, 2.75) is 6.92 Å². The summed E-state index contributed by atoms with van der Waals surface area (Å²) in [6.07, 6.45) is 3.77. The van der Waals surface area contributed by atoms with Crippen LogP contribution in [-0.4, -0.2) is 36.3 Å². The van der Waals surface area contributed by atoms with Crippen molar-refractivity contribution in [3.8, 4) is 0 Å². The van der Waals surface area contributed by atoms with Crippen LogP contribution in [0.3, 0.4) is 0 Å². The predicted octanol–water partition coefficient (Wildman–Crippen LogP) is -0.941. The van der Waals surface area contributed by atoms with Gasteiger partial charge in [-0.1, -0.05) is 0 Å². The van der Waals surface area contributed by atoms with Crippen LogP contribution in [-0.2, 0) is 11.8 Å². The van der Waals surface area contributed by atoms with Crippen LogP contribution in [0.5, 0.6) is 0 Å². The van der Waals surface area contributed by atoms with E-state index in [0.717, 1.165) is 5.82 Å². The summed E-state index contributed by atoms with van der Waals surface area (Å²) in [6, 6.07) is 0. The lowest BCUT2D eigenvalue weighted by Gasteiger charge is -2.02. The molecule has 0 aliphatic heterocycles. The van der Waals surface area contributed by atoms with Gasteiger partial charge in [-0.15, -0.1) is 0 Å². The van der Waals surface area contributed by atoms with Crippen LogP contribution >= 0.6 is 0 Å². The Labute approximate surface area is 83.4 Å². The van der Waals surface area contributed by atoms with Crippen molar-refractivity contribution in [3.05, 3.63) is 18.2 Å². The van der Waals surface area contributed by atoms with Crippen LogP contribution < -0.4 is 9.40 Å². The van der Waals surface area contributed by atoms with Crippen molar-refractivity contribution >= 4 is 0 Å². The molecule has 0 atom stereocenters. The summed E-state index contributed by atoms with van der Waals surface area (Å²) in [5.41, 5.74) is 0. The number of aliphatic hydroxyl groups excluding tert-OH is 1. The van der Waals surface area contributed by atoms with E-state index >= 15 is 0 Å². The van der Waals surface area contributed by atoms with E-state index in [1.807, 2.05) is 30.9 Å². The third-order valence-corrected chi connectivity index (χ3v) is 1.95. The first-order chi connectivity index (χ1) is 6.75. The van der Waals surface area contributed by atoms with Crippen LogP contribution in [0.15, 0.2) is 12.4 Å². The highest BCUT2D eigenvalue weighted by Crippen LogP contribution is 1.88. The minimum absolute atomic E-state index is 0.0531. The van der Waals surface area contributed by atoms with E-state index in [9.17, 15) is 0 Å². The second-order valence-electron chi connectivity index (χ2n) is 2.95. The molecular weight excluding hydrogens is 184 g/mol. The Morgan fingerprint density at radius 2 is 2.21 bits per heavy atom. The molecule has 0 saturated carbocycles. The van der Waals surface area contributed by atoms with E-state index in [-0.39, 0.29) is 6.61 Å². The zero-order valence-corrected chi connectivity index (χ0v) is 8.64. The Balaban J connectivity index is 2.21. The largest absolute Gasteiger partial charge is 0.394 e. The quantitative estimate of drug-likeness (QED) is 0.477. The molecule has 5 heteroatoms. The van der Waals surface area contributed by atoms with Gasteiger partial charge in [-0.2, -0.15) is 0 Å². The number of imidazole rings is 1. The highest BCUT2D eigenvalue weighted by atomic mass is 16.7. The number of hydrogen-bond acceptors (Lipinski definition) is 3. The molecule has 1 aromatic rings. The van der Waals surface area contributed by atoms with Gasteiger partial charge >= 0.3 is 0 Å². The highest BCUT2D eigenvalue weighted by Gasteiger charge is 2.08. The minimum Gasteiger partial charge on any atom is -0.394 e. The van der Waals surface area contributed by atoms with Crippen molar-refractivity contribution in [1.29, 1.82) is 0 Å². The summed E-state index contributed by atoms with van der Waals surface area (Å²) in [5.74, 6) is 1.02. The standard InChI is InChI=1S/C9H17N2O3/c1-9-10(2)3-4-11(9)14-8-7-13-6-5-12/h3-4,12H,5-8H2,1-2H3/q+1. The molecule has 0 radical (unpaired) electrons. The van der Waals surface area contributed by atoms with Crippen LogP contribution in [0, 0.1) is 6.92 Å². The van der Waals surface area contributed by atoms with Crippen molar-refractivity contribution < 1.29 is 19.2 Å². The van der Waals surface area contributed by atoms with Crippen LogP contribution in [0.2, 0.25) is 0 Å². The topological polar surface area (TPSA) is 47.5 Å². The van der Waals surface area contributed by atoms with Crippen molar-refractivity contribution in [1.82, 2.24) is 4.73 Å². The SMILES string of the molecule is Cc1n(OCCOCCO)cc[n+]1C. The molecule has 0 unspecified atom stereocenters.